The average Bonchev–Trinajstić information content (AvgIpc) is 3.40. The van der Waals surface area contributed by atoms with Gasteiger partial charge in [-0.15, -0.1) is 0 Å². The maximum absolute atomic E-state index is 11.9. The minimum absolute atomic E-state index is 0.114. The van der Waals surface area contributed by atoms with Crippen LogP contribution in [0.1, 0.15) is 50.7 Å². The number of nitrogens with one attached hydrogen (secondary N) is 1. The van der Waals surface area contributed by atoms with E-state index < -0.39 is 0 Å². The lowest BCUT2D eigenvalue weighted by Gasteiger charge is -2.28. The van der Waals surface area contributed by atoms with E-state index in [4.69, 9.17) is 17.0 Å². The summed E-state index contributed by atoms with van der Waals surface area (Å²) in [6.45, 7) is 6.29. The third kappa shape index (κ3) is 4.55. The summed E-state index contributed by atoms with van der Waals surface area (Å²) < 4.78 is 8.12. The van der Waals surface area contributed by atoms with Gasteiger partial charge in [-0.2, -0.15) is 0 Å². The number of ether oxygens (including phenoxy) is 1. The summed E-state index contributed by atoms with van der Waals surface area (Å²) in [5.41, 5.74) is 7.92. The topological polar surface area (TPSA) is 59.4 Å². The van der Waals surface area contributed by atoms with E-state index in [2.05, 4.69) is 80.7 Å². The molecule has 8 heteroatoms. The summed E-state index contributed by atoms with van der Waals surface area (Å²) in [4.78, 5) is 18.8. The number of anilines is 1. The summed E-state index contributed by atoms with van der Waals surface area (Å²) in [7, 11) is 1.39. The Hall–Kier alpha value is -3.49. The van der Waals surface area contributed by atoms with E-state index in [-0.39, 0.29) is 18.1 Å². The van der Waals surface area contributed by atoms with E-state index in [9.17, 15) is 4.79 Å². The molecule has 1 N–H and O–H groups in total. The number of hydrogen-bond acceptors (Lipinski definition) is 4. The number of nitrogens with zero attached hydrogens (tertiary/aromatic N) is 3. The Bertz CT molecular complexity index is 1480. The summed E-state index contributed by atoms with van der Waals surface area (Å²) in [6, 6.07) is 21.7. The minimum Gasteiger partial charge on any atom is -0.465 e. The van der Waals surface area contributed by atoms with Crippen LogP contribution in [-0.2, 0) is 4.74 Å². The molecule has 0 aliphatic carbocycles. The summed E-state index contributed by atoms with van der Waals surface area (Å²) >= 11 is 9.53. The van der Waals surface area contributed by atoms with Crippen molar-refractivity contribution in [3.05, 3.63) is 111 Å². The van der Waals surface area contributed by atoms with Crippen LogP contribution in [0.3, 0.4) is 0 Å². The summed E-state index contributed by atoms with van der Waals surface area (Å²) in [5, 5.41) is 4.21. The molecule has 2 aromatic carbocycles. The van der Waals surface area contributed by atoms with Crippen LogP contribution in [-0.4, -0.2) is 27.7 Å². The molecule has 1 aliphatic rings. The molecule has 37 heavy (non-hydrogen) atoms. The van der Waals surface area contributed by atoms with Gasteiger partial charge in [-0.25, -0.2) is 4.79 Å². The van der Waals surface area contributed by atoms with Crippen molar-refractivity contribution in [2.75, 3.05) is 12.0 Å². The Morgan fingerprint density at radius 2 is 1.76 bits per heavy atom. The smallest absolute Gasteiger partial charge is 0.337 e. The number of pyridine rings is 1. The molecule has 1 fully saturated rings. The van der Waals surface area contributed by atoms with Gasteiger partial charge in [-0.1, -0.05) is 22.0 Å². The predicted molar refractivity (Wildman–Crippen MR) is 153 cm³/mol. The van der Waals surface area contributed by atoms with Crippen LogP contribution in [0.4, 0.5) is 5.69 Å². The van der Waals surface area contributed by atoms with E-state index in [0.717, 1.165) is 44.1 Å². The van der Waals surface area contributed by atoms with Crippen molar-refractivity contribution in [2.45, 2.75) is 32.9 Å². The number of rotatable bonds is 5. The molecule has 2 aromatic heterocycles. The minimum atomic E-state index is -0.350. The molecule has 0 radical (unpaired) electrons. The SMILES string of the molecule is COC(=O)c1ccc(-n2c(C)cc(C3C(c4ccccn4)NC(=S)N3c3ccc(Br)c(C)c3)c2C)cc1. The van der Waals surface area contributed by atoms with Gasteiger partial charge < -0.3 is 19.5 Å². The first-order chi connectivity index (χ1) is 17.8. The third-order valence-electron chi connectivity index (χ3n) is 6.85. The van der Waals surface area contributed by atoms with E-state index in [1.807, 2.05) is 36.5 Å². The number of halogens is 1. The Morgan fingerprint density at radius 1 is 1.03 bits per heavy atom. The van der Waals surface area contributed by atoms with E-state index >= 15 is 0 Å². The van der Waals surface area contributed by atoms with Crippen LogP contribution in [0.5, 0.6) is 0 Å². The summed E-state index contributed by atoms with van der Waals surface area (Å²) in [5.74, 6) is -0.350. The second-order valence-electron chi connectivity index (χ2n) is 9.13. The molecule has 0 spiro atoms. The molecule has 1 aliphatic heterocycles. The van der Waals surface area contributed by atoms with Crippen molar-refractivity contribution in [1.82, 2.24) is 14.9 Å². The van der Waals surface area contributed by atoms with Crippen molar-refractivity contribution in [1.29, 1.82) is 0 Å². The molecule has 4 aromatic rings. The predicted octanol–water partition coefficient (Wildman–Crippen LogP) is 6.52. The fourth-order valence-corrected chi connectivity index (χ4v) is 5.67. The Morgan fingerprint density at radius 3 is 2.41 bits per heavy atom. The molecule has 6 nitrogen and oxygen atoms in total. The first-order valence-corrected chi connectivity index (χ1v) is 13.1. The highest BCUT2D eigenvalue weighted by Gasteiger charge is 2.42. The Kier molecular flexibility index (Phi) is 6.88. The molecule has 2 atom stereocenters. The fraction of sp³-hybridized carbons (Fsp3) is 0.207. The number of carbonyl (C=O) groups is 1. The monoisotopic (exact) mass is 574 g/mol. The molecule has 188 valence electrons. The molecular formula is C29H27BrN4O2S. The Labute approximate surface area is 230 Å². The molecule has 3 heterocycles. The van der Waals surface area contributed by atoms with Gasteiger partial charge in [0.05, 0.1) is 30.5 Å². The van der Waals surface area contributed by atoms with Crippen molar-refractivity contribution in [3.63, 3.8) is 0 Å². The molecule has 0 amide bonds. The van der Waals surface area contributed by atoms with Crippen LogP contribution >= 0.6 is 28.1 Å². The molecule has 5 rings (SSSR count). The highest BCUT2D eigenvalue weighted by molar-refractivity contribution is 9.10. The number of aromatic nitrogens is 2. The molecule has 0 bridgehead atoms. The lowest BCUT2D eigenvalue weighted by Crippen LogP contribution is -2.29. The van der Waals surface area contributed by atoms with Crippen LogP contribution < -0.4 is 10.2 Å². The molecule has 1 saturated heterocycles. The van der Waals surface area contributed by atoms with Crippen molar-refractivity contribution >= 4 is 44.9 Å². The number of carbonyl (C=O) groups excluding carboxylic acids is 1. The molecule has 2 unspecified atom stereocenters. The van der Waals surface area contributed by atoms with E-state index in [1.165, 1.54) is 7.11 Å². The van der Waals surface area contributed by atoms with E-state index in [1.54, 1.807) is 12.1 Å². The molecular weight excluding hydrogens is 548 g/mol. The summed E-state index contributed by atoms with van der Waals surface area (Å²) in [6.07, 6.45) is 1.82. The molecule has 0 saturated carbocycles. The first-order valence-electron chi connectivity index (χ1n) is 11.9. The van der Waals surface area contributed by atoms with Crippen molar-refractivity contribution < 1.29 is 9.53 Å². The van der Waals surface area contributed by atoms with Gasteiger partial charge in [0, 0.05) is 33.4 Å². The van der Waals surface area contributed by atoms with Crippen LogP contribution in [0.2, 0.25) is 0 Å². The normalized spacial score (nSPS) is 17.1. The zero-order valence-electron chi connectivity index (χ0n) is 21.0. The number of thiocarbonyl (C=S) groups is 1. The number of esters is 1. The standard InChI is InChI=1S/C29H27BrN4O2S/c1-17-15-22(12-13-24(17)30)34-27(26(32-29(34)37)25-7-5-6-14-31-25)23-16-18(2)33(19(23)3)21-10-8-20(9-11-21)28(35)36-4/h5-16,26-27H,1-4H3,(H,32,37). The number of hydrogen-bond donors (Lipinski definition) is 1. The van der Waals surface area contributed by atoms with Gasteiger partial charge >= 0.3 is 5.97 Å². The van der Waals surface area contributed by atoms with Gasteiger partial charge in [0.2, 0.25) is 0 Å². The first kappa shape index (κ1) is 25.2. The highest BCUT2D eigenvalue weighted by Crippen LogP contribution is 2.44. The van der Waals surface area contributed by atoms with Crippen LogP contribution in [0, 0.1) is 20.8 Å². The Balaban J connectivity index is 1.64. The lowest BCUT2D eigenvalue weighted by molar-refractivity contribution is 0.0600. The van der Waals surface area contributed by atoms with Gasteiger partial charge in [-0.05, 0) is 105 Å². The van der Waals surface area contributed by atoms with Gasteiger partial charge in [-0.3, -0.25) is 4.98 Å². The average molecular weight is 576 g/mol. The van der Waals surface area contributed by atoms with Gasteiger partial charge in [0.1, 0.15) is 0 Å². The quantitative estimate of drug-likeness (QED) is 0.216. The second-order valence-corrected chi connectivity index (χ2v) is 10.4. The largest absolute Gasteiger partial charge is 0.465 e. The van der Waals surface area contributed by atoms with Gasteiger partial charge in [0.15, 0.2) is 5.11 Å². The number of aryl methyl sites for hydroxylation is 2. The van der Waals surface area contributed by atoms with Crippen molar-refractivity contribution in [2.24, 2.45) is 0 Å². The van der Waals surface area contributed by atoms with Crippen molar-refractivity contribution in [3.8, 4) is 5.69 Å². The van der Waals surface area contributed by atoms with Gasteiger partial charge in [0.25, 0.3) is 0 Å². The van der Waals surface area contributed by atoms with Crippen LogP contribution in [0.15, 0.2) is 77.4 Å². The number of benzene rings is 2. The highest BCUT2D eigenvalue weighted by atomic mass is 79.9. The maximum Gasteiger partial charge on any atom is 0.337 e. The lowest BCUT2D eigenvalue weighted by atomic mass is 9.96. The third-order valence-corrected chi connectivity index (χ3v) is 8.06. The van der Waals surface area contributed by atoms with Crippen LogP contribution in [0.25, 0.3) is 5.69 Å². The zero-order chi connectivity index (χ0) is 26.3. The number of methoxy groups -OCH3 is 1. The second kappa shape index (κ2) is 10.1. The van der Waals surface area contributed by atoms with E-state index in [0.29, 0.717) is 10.7 Å². The zero-order valence-corrected chi connectivity index (χ0v) is 23.4. The maximum atomic E-state index is 11.9. The fourth-order valence-electron chi connectivity index (χ4n) is 5.08.